The molecular weight excluding hydrogens is 384 g/mol. The van der Waals surface area contributed by atoms with Crippen LogP contribution >= 0.6 is 0 Å². The van der Waals surface area contributed by atoms with Gasteiger partial charge in [0.1, 0.15) is 18.5 Å². The van der Waals surface area contributed by atoms with Crippen LogP contribution in [0.5, 0.6) is 5.75 Å². The fourth-order valence-electron chi connectivity index (χ4n) is 3.61. The van der Waals surface area contributed by atoms with E-state index in [4.69, 9.17) is 9.47 Å². The molecule has 2 aromatic carbocycles. The minimum Gasteiger partial charge on any atom is -0.490 e. The quantitative estimate of drug-likeness (QED) is 0.575. The molecule has 7 heteroatoms. The Morgan fingerprint density at radius 3 is 2.40 bits per heavy atom. The van der Waals surface area contributed by atoms with Gasteiger partial charge < -0.3 is 14.6 Å². The molecule has 1 N–H and O–H groups in total. The molecule has 0 aliphatic rings. The number of imidazole rings is 1. The first-order valence-electron chi connectivity index (χ1n) is 10.1. The van der Waals surface area contributed by atoms with E-state index in [1.54, 1.807) is 29.7 Å². The number of rotatable bonds is 8. The largest absolute Gasteiger partial charge is 0.490 e. The number of fused-ring (bicyclic) bond motifs is 1. The van der Waals surface area contributed by atoms with Crippen LogP contribution in [0, 0.1) is 13.8 Å². The number of hydrogen-bond donors (Lipinski definition) is 1. The third kappa shape index (κ3) is 4.26. The molecule has 7 nitrogen and oxygen atoms in total. The van der Waals surface area contributed by atoms with Crippen molar-refractivity contribution in [1.29, 1.82) is 0 Å². The fourth-order valence-corrected chi connectivity index (χ4v) is 3.61. The van der Waals surface area contributed by atoms with Crippen LogP contribution in [0.2, 0.25) is 0 Å². The van der Waals surface area contributed by atoms with Crippen LogP contribution in [-0.2, 0) is 17.8 Å². The second-order valence-electron chi connectivity index (χ2n) is 7.25. The Hall–Kier alpha value is -3.06. The molecule has 30 heavy (non-hydrogen) atoms. The molecule has 3 rings (SSSR count). The summed E-state index contributed by atoms with van der Waals surface area (Å²) in [5, 5.41) is 10.6. The van der Waals surface area contributed by atoms with Gasteiger partial charge in [-0.15, -0.1) is 0 Å². The predicted molar refractivity (Wildman–Crippen MR) is 115 cm³/mol. The van der Waals surface area contributed by atoms with Gasteiger partial charge in [-0.1, -0.05) is 18.2 Å². The van der Waals surface area contributed by atoms with Crippen molar-refractivity contribution in [3.63, 3.8) is 0 Å². The van der Waals surface area contributed by atoms with E-state index in [0.717, 1.165) is 16.9 Å². The van der Waals surface area contributed by atoms with Gasteiger partial charge in [0.2, 0.25) is 0 Å². The monoisotopic (exact) mass is 412 g/mol. The van der Waals surface area contributed by atoms with Crippen molar-refractivity contribution >= 4 is 17.0 Å². The molecule has 0 radical (unpaired) electrons. The van der Waals surface area contributed by atoms with Crippen molar-refractivity contribution in [3.05, 3.63) is 63.6 Å². The van der Waals surface area contributed by atoms with Crippen LogP contribution in [0.4, 0.5) is 0 Å². The van der Waals surface area contributed by atoms with Gasteiger partial charge in [-0.25, -0.2) is 9.59 Å². The highest BCUT2D eigenvalue weighted by Crippen LogP contribution is 2.23. The summed E-state index contributed by atoms with van der Waals surface area (Å²) in [6, 6.07) is 10.9. The molecule has 0 aliphatic heterocycles. The second kappa shape index (κ2) is 9.17. The summed E-state index contributed by atoms with van der Waals surface area (Å²) in [6.07, 6.45) is -0.899. The third-order valence-electron chi connectivity index (χ3n) is 5.07. The third-order valence-corrected chi connectivity index (χ3v) is 5.07. The van der Waals surface area contributed by atoms with Crippen molar-refractivity contribution in [2.24, 2.45) is 0 Å². The molecular formula is C23H28N2O5. The summed E-state index contributed by atoms with van der Waals surface area (Å²) in [7, 11) is 0. The van der Waals surface area contributed by atoms with Gasteiger partial charge in [-0.05, 0) is 57.0 Å². The maximum absolute atomic E-state index is 12.9. The van der Waals surface area contributed by atoms with Crippen LogP contribution in [0.25, 0.3) is 11.0 Å². The number of ether oxygens (including phenoxy) is 2. The van der Waals surface area contributed by atoms with Crippen LogP contribution < -0.4 is 10.4 Å². The minimum absolute atomic E-state index is 0.0501. The lowest BCUT2D eigenvalue weighted by molar-refractivity contribution is 0.0526. The molecule has 1 unspecified atom stereocenters. The van der Waals surface area contributed by atoms with Gasteiger partial charge in [0.05, 0.1) is 29.7 Å². The first-order chi connectivity index (χ1) is 14.4. The number of para-hydroxylation sites is 1. The molecule has 0 fully saturated rings. The van der Waals surface area contributed by atoms with Gasteiger partial charge in [-0.2, -0.15) is 0 Å². The molecule has 0 aliphatic carbocycles. The fraction of sp³-hybridized carbons (Fsp3) is 0.391. The van der Waals surface area contributed by atoms with Gasteiger partial charge in [0.15, 0.2) is 0 Å². The topological polar surface area (TPSA) is 82.7 Å². The van der Waals surface area contributed by atoms with Crippen LogP contribution in [0.3, 0.4) is 0 Å². The minimum atomic E-state index is -0.899. The first kappa shape index (κ1) is 21.6. The predicted octanol–water partition coefficient (Wildman–Crippen LogP) is 3.06. The number of hydrogen-bond acceptors (Lipinski definition) is 5. The van der Waals surface area contributed by atoms with E-state index in [1.807, 2.05) is 39.0 Å². The average molecular weight is 412 g/mol. The number of carbonyl (C=O) groups is 1. The lowest BCUT2D eigenvalue weighted by Gasteiger charge is -2.16. The number of carbonyl (C=O) groups excluding carboxylic acids is 1. The van der Waals surface area contributed by atoms with Crippen molar-refractivity contribution in [1.82, 2.24) is 9.13 Å². The molecule has 1 atom stereocenters. The summed E-state index contributed by atoms with van der Waals surface area (Å²) in [6.45, 7) is 8.38. The number of aliphatic hydroxyl groups excluding tert-OH is 1. The SMILES string of the molecule is CCOC(=O)c1ccc2c(c1)n(CC(O)COc1c(C)cccc1C)c(=O)n2CC. The normalized spacial score (nSPS) is 12.2. The van der Waals surface area contributed by atoms with E-state index < -0.39 is 12.1 Å². The number of aliphatic hydroxyl groups is 1. The maximum atomic E-state index is 12.9. The van der Waals surface area contributed by atoms with Gasteiger partial charge in [0, 0.05) is 6.54 Å². The molecule has 3 aromatic rings. The lowest BCUT2D eigenvalue weighted by Crippen LogP contribution is -2.31. The highest BCUT2D eigenvalue weighted by molar-refractivity contribution is 5.93. The lowest BCUT2D eigenvalue weighted by atomic mass is 10.1. The Morgan fingerprint density at radius 1 is 1.07 bits per heavy atom. The number of aryl methyl sites for hydroxylation is 3. The smallest absolute Gasteiger partial charge is 0.338 e. The number of benzene rings is 2. The Kier molecular flexibility index (Phi) is 6.62. The maximum Gasteiger partial charge on any atom is 0.338 e. The van der Waals surface area contributed by atoms with Crippen molar-refractivity contribution in [2.45, 2.75) is 46.9 Å². The zero-order valence-corrected chi connectivity index (χ0v) is 17.8. The van der Waals surface area contributed by atoms with Gasteiger partial charge in [0.25, 0.3) is 0 Å². The van der Waals surface area contributed by atoms with Crippen molar-refractivity contribution in [2.75, 3.05) is 13.2 Å². The van der Waals surface area contributed by atoms with Gasteiger partial charge in [-0.3, -0.25) is 9.13 Å². The Bertz CT molecular complexity index is 1090. The number of nitrogens with zero attached hydrogens (tertiary/aromatic N) is 2. The van der Waals surface area contributed by atoms with E-state index in [-0.39, 0.29) is 25.4 Å². The molecule has 0 saturated carbocycles. The standard InChI is InChI=1S/C23H28N2O5/c1-5-24-19-11-10-17(22(27)29-6-2)12-20(19)25(23(24)28)13-18(26)14-30-21-15(3)8-7-9-16(21)4/h7-12,18,26H,5-6,13-14H2,1-4H3. The van der Waals surface area contributed by atoms with Crippen LogP contribution in [-0.4, -0.2) is 39.5 Å². The molecule has 0 amide bonds. The Balaban J connectivity index is 1.88. The van der Waals surface area contributed by atoms with E-state index in [1.165, 1.54) is 4.57 Å². The van der Waals surface area contributed by atoms with Crippen molar-refractivity contribution < 1.29 is 19.4 Å². The number of esters is 1. The van der Waals surface area contributed by atoms with Crippen molar-refractivity contribution in [3.8, 4) is 5.75 Å². The zero-order valence-electron chi connectivity index (χ0n) is 17.8. The summed E-state index contributed by atoms with van der Waals surface area (Å²) in [5.41, 5.74) is 3.39. The highest BCUT2D eigenvalue weighted by atomic mass is 16.5. The molecule has 0 bridgehead atoms. The van der Waals surface area contributed by atoms with E-state index in [0.29, 0.717) is 23.1 Å². The van der Waals surface area contributed by atoms with E-state index in [9.17, 15) is 14.7 Å². The summed E-state index contributed by atoms with van der Waals surface area (Å²) in [4.78, 5) is 25.0. The summed E-state index contributed by atoms with van der Waals surface area (Å²) < 4.78 is 14.0. The summed E-state index contributed by atoms with van der Waals surface area (Å²) >= 11 is 0. The van der Waals surface area contributed by atoms with E-state index in [2.05, 4.69) is 0 Å². The van der Waals surface area contributed by atoms with Crippen LogP contribution in [0.15, 0.2) is 41.2 Å². The molecule has 1 heterocycles. The highest BCUT2D eigenvalue weighted by Gasteiger charge is 2.18. The van der Waals surface area contributed by atoms with E-state index >= 15 is 0 Å². The number of aromatic nitrogens is 2. The molecule has 0 spiro atoms. The molecule has 0 saturated heterocycles. The van der Waals surface area contributed by atoms with Crippen LogP contribution in [0.1, 0.15) is 35.3 Å². The molecule has 1 aromatic heterocycles. The molecule has 160 valence electrons. The Morgan fingerprint density at radius 2 is 1.77 bits per heavy atom. The second-order valence-corrected chi connectivity index (χ2v) is 7.25. The first-order valence-corrected chi connectivity index (χ1v) is 10.1. The Labute approximate surface area is 175 Å². The zero-order chi connectivity index (χ0) is 21.8. The van der Waals surface area contributed by atoms with Gasteiger partial charge >= 0.3 is 11.7 Å². The average Bonchev–Trinajstić information content (AvgIpc) is 2.98. The summed E-state index contributed by atoms with van der Waals surface area (Å²) in [5.74, 6) is 0.297.